The Bertz CT molecular complexity index is 233. The highest BCUT2D eigenvalue weighted by molar-refractivity contribution is 14.1. The average Bonchev–Trinajstić information content (AvgIpc) is 2.54. The van der Waals surface area contributed by atoms with Crippen molar-refractivity contribution < 1.29 is 0 Å². The van der Waals surface area contributed by atoms with Gasteiger partial charge in [-0.3, -0.25) is 0 Å². The van der Waals surface area contributed by atoms with E-state index in [4.69, 9.17) is 0 Å². The van der Waals surface area contributed by atoms with E-state index in [2.05, 4.69) is 48.6 Å². The fraction of sp³-hybridized carbons (Fsp3) is 0.846. The summed E-state index contributed by atoms with van der Waals surface area (Å²) in [6.07, 6.45) is 10.7. The molecule has 2 rings (SSSR count). The lowest BCUT2D eigenvalue weighted by Crippen LogP contribution is -2.32. The van der Waals surface area contributed by atoms with Gasteiger partial charge in [-0.1, -0.05) is 48.6 Å². The van der Waals surface area contributed by atoms with Gasteiger partial charge in [-0.15, -0.1) is 0 Å². The first-order valence-electron chi connectivity index (χ1n) is 5.92. The molecule has 0 saturated heterocycles. The molecule has 0 spiro atoms. The maximum atomic E-state index is 2.55. The highest BCUT2D eigenvalue weighted by atomic mass is 127. The van der Waals surface area contributed by atoms with E-state index in [1.165, 1.54) is 30.1 Å². The highest BCUT2D eigenvalue weighted by Crippen LogP contribution is 2.55. The molecule has 80 valence electrons. The van der Waals surface area contributed by atoms with Crippen LogP contribution in [0.25, 0.3) is 0 Å². The summed E-state index contributed by atoms with van der Waals surface area (Å²) < 4.78 is 1.32. The maximum Gasteiger partial charge on any atom is 0.00240 e. The van der Waals surface area contributed by atoms with Crippen LogP contribution in [-0.4, -0.2) is 4.43 Å². The van der Waals surface area contributed by atoms with E-state index >= 15 is 0 Å². The van der Waals surface area contributed by atoms with Crippen LogP contribution in [0, 0.1) is 23.2 Å². The zero-order chi connectivity index (χ0) is 10.2. The monoisotopic (exact) mass is 304 g/mol. The first-order valence-corrected chi connectivity index (χ1v) is 7.44. The molecule has 1 fully saturated rings. The number of halogens is 1. The van der Waals surface area contributed by atoms with Gasteiger partial charge in [-0.25, -0.2) is 0 Å². The van der Waals surface area contributed by atoms with Gasteiger partial charge in [-0.05, 0) is 48.9 Å². The summed E-state index contributed by atoms with van der Waals surface area (Å²) in [5.41, 5.74) is 0.544. The van der Waals surface area contributed by atoms with Crippen molar-refractivity contribution in [3.63, 3.8) is 0 Å². The zero-order valence-electron chi connectivity index (χ0n) is 9.30. The summed E-state index contributed by atoms with van der Waals surface area (Å²) >= 11 is 2.55. The van der Waals surface area contributed by atoms with Crippen molar-refractivity contribution in [2.45, 2.75) is 39.5 Å². The van der Waals surface area contributed by atoms with Crippen molar-refractivity contribution >= 4 is 22.6 Å². The van der Waals surface area contributed by atoms with Crippen LogP contribution >= 0.6 is 22.6 Å². The Morgan fingerprint density at radius 1 is 1.43 bits per heavy atom. The molecule has 0 aromatic carbocycles. The molecule has 0 heterocycles. The summed E-state index contributed by atoms with van der Waals surface area (Å²) in [7, 11) is 0. The third-order valence-corrected chi connectivity index (χ3v) is 5.98. The third-order valence-electron chi connectivity index (χ3n) is 4.59. The molecule has 2 aliphatic rings. The van der Waals surface area contributed by atoms with E-state index in [0.29, 0.717) is 5.41 Å². The van der Waals surface area contributed by atoms with Gasteiger partial charge in [0, 0.05) is 4.43 Å². The van der Waals surface area contributed by atoms with Crippen molar-refractivity contribution in [2.24, 2.45) is 23.2 Å². The molecule has 0 radical (unpaired) electrons. The van der Waals surface area contributed by atoms with Crippen molar-refractivity contribution in [2.75, 3.05) is 4.43 Å². The molecule has 0 aromatic rings. The van der Waals surface area contributed by atoms with Gasteiger partial charge >= 0.3 is 0 Å². The quantitative estimate of drug-likeness (QED) is 0.402. The molecule has 1 heteroatoms. The average molecular weight is 304 g/mol. The Morgan fingerprint density at radius 2 is 2.21 bits per heavy atom. The van der Waals surface area contributed by atoms with Crippen LogP contribution in [0.2, 0.25) is 0 Å². The Labute approximate surface area is 102 Å². The SMILES string of the molecule is C[C@H](CI)C1CCC2CCC=C[C@@]21C. The minimum absolute atomic E-state index is 0.544. The maximum absolute atomic E-state index is 2.55. The zero-order valence-corrected chi connectivity index (χ0v) is 11.5. The molecule has 0 aromatic heterocycles. The van der Waals surface area contributed by atoms with Crippen LogP contribution < -0.4 is 0 Å². The second-order valence-electron chi connectivity index (χ2n) is 5.36. The summed E-state index contributed by atoms with van der Waals surface area (Å²) in [5.74, 6) is 2.83. The second-order valence-corrected chi connectivity index (χ2v) is 6.24. The minimum Gasteiger partial charge on any atom is -0.0880 e. The molecule has 1 saturated carbocycles. The molecule has 0 nitrogen and oxygen atoms in total. The number of hydrogen-bond acceptors (Lipinski definition) is 0. The Kier molecular flexibility index (Phi) is 3.25. The molecule has 0 amide bonds. The summed E-state index contributed by atoms with van der Waals surface area (Å²) in [6, 6.07) is 0. The predicted molar refractivity (Wildman–Crippen MR) is 70.7 cm³/mol. The van der Waals surface area contributed by atoms with Crippen molar-refractivity contribution in [3.8, 4) is 0 Å². The van der Waals surface area contributed by atoms with Gasteiger partial charge in [0.1, 0.15) is 0 Å². The van der Waals surface area contributed by atoms with E-state index in [1.807, 2.05) is 0 Å². The normalized spacial score (nSPS) is 43.6. The highest BCUT2D eigenvalue weighted by Gasteiger charge is 2.46. The molecule has 0 bridgehead atoms. The topological polar surface area (TPSA) is 0 Å². The van der Waals surface area contributed by atoms with Crippen LogP contribution in [0.4, 0.5) is 0 Å². The molecule has 2 aliphatic carbocycles. The number of hydrogen-bond donors (Lipinski definition) is 0. The fourth-order valence-electron chi connectivity index (χ4n) is 3.66. The van der Waals surface area contributed by atoms with Gasteiger partial charge < -0.3 is 0 Å². The number of allylic oxidation sites excluding steroid dienone is 2. The molecule has 2 unspecified atom stereocenters. The van der Waals surface area contributed by atoms with Crippen LogP contribution in [0.3, 0.4) is 0 Å². The fourth-order valence-corrected chi connectivity index (χ4v) is 4.27. The lowest BCUT2D eigenvalue weighted by atomic mass is 9.66. The lowest BCUT2D eigenvalue weighted by Gasteiger charge is -2.39. The third kappa shape index (κ3) is 1.66. The standard InChI is InChI=1S/C13H21I/c1-10(9-14)12-7-6-11-5-3-4-8-13(11,12)2/h4,8,10-12H,3,5-7,9H2,1-2H3/t10-,11?,12?,13+/m1/s1. The Hall–Kier alpha value is 0.470. The van der Waals surface area contributed by atoms with Crippen molar-refractivity contribution in [1.29, 1.82) is 0 Å². The van der Waals surface area contributed by atoms with Crippen LogP contribution in [0.15, 0.2) is 12.2 Å². The van der Waals surface area contributed by atoms with Gasteiger partial charge in [0.15, 0.2) is 0 Å². The summed E-state index contributed by atoms with van der Waals surface area (Å²) in [6.45, 7) is 4.95. The molecule has 0 aliphatic heterocycles. The van der Waals surface area contributed by atoms with Crippen LogP contribution in [-0.2, 0) is 0 Å². The number of alkyl halides is 1. The molecule has 14 heavy (non-hydrogen) atoms. The first kappa shape index (κ1) is 11.0. The van der Waals surface area contributed by atoms with Gasteiger partial charge in [0.2, 0.25) is 0 Å². The molecular formula is C13H21I. The van der Waals surface area contributed by atoms with E-state index in [9.17, 15) is 0 Å². The smallest absolute Gasteiger partial charge is 0.00240 e. The van der Waals surface area contributed by atoms with Crippen molar-refractivity contribution in [3.05, 3.63) is 12.2 Å². The van der Waals surface area contributed by atoms with Crippen molar-refractivity contribution in [1.82, 2.24) is 0 Å². The van der Waals surface area contributed by atoms with Crippen LogP contribution in [0.1, 0.15) is 39.5 Å². The summed E-state index contributed by atoms with van der Waals surface area (Å²) in [4.78, 5) is 0. The van der Waals surface area contributed by atoms with Gasteiger partial charge in [0.25, 0.3) is 0 Å². The second kappa shape index (κ2) is 4.15. The van der Waals surface area contributed by atoms with E-state index in [1.54, 1.807) is 0 Å². The molecule has 0 N–H and O–H groups in total. The van der Waals surface area contributed by atoms with E-state index < -0.39 is 0 Å². The predicted octanol–water partition coefficient (Wildman–Crippen LogP) is 4.44. The number of rotatable bonds is 2. The lowest BCUT2D eigenvalue weighted by molar-refractivity contribution is 0.170. The molecule has 4 atom stereocenters. The van der Waals surface area contributed by atoms with E-state index in [0.717, 1.165) is 17.8 Å². The minimum atomic E-state index is 0.544. The number of fused-ring (bicyclic) bond motifs is 1. The van der Waals surface area contributed by atoms with E-state index in [-0.39, 0.29) is 0 Å². The van der Waals surface area contributed by atoms with Gasteiger partial charge in [0.05, 0.1) is 0 Å². The Morgan fingerprint density at radius 3 is 2.93 bits per heavy atom. The Balaban J connectivity index is 2.20. The first-order chi connectivity index (χ1) is 6.68. The molecular weight excluding hydrogens is 283 g/mol. The van der Waals surface area contributed by atoms with Gasteiger partial charge in [-0.2, -0.15) is 0 Å². The largest absolute Gasteiger partial charge is 0.0880 e. The van der Waals surface area contributed by atoms with Crippen LogP contribution in [0.5, 0.6) is 0 Å². The summed E-state index contributed by atoms with van der Waals surface area (Å²) in [5, 5.41) is 0.